The molecule has 0 spiro atoms. The quantitative estimate of drug-likeness (QED) is 0.654. The number of hydrogen-bond acceptors (Lipinski definition) is 5. The Kier molecular flexibility index (Phi) is 5.75. The monoisotopic (exact) mass is 376 g/mol. The highest BCUT2D eigenvalue weighted by atomic mass is 32.2. The van der Waals surface area contributed by atoms with Crippen LogP contribution >= 0.6 is 24.0 Å². The van der Waals surface area contributed by atoms with Crippen molar-refractivity contribution in [3.05, 3.63) is 40.8 Å². The number of benzene rings is 1. The molecular formula is C18H20N2O3S2. The van der Waals surface area contributed by atoms with Gasteiger partial charge in [0, 0.05) is 30.2 Å². The Morgan fingerprint density at radius 1 is 1.32 bits per heavy atom. The highest BCUT2D eigenvalue weighted by Crippen LogP contribution is 2.21. The van der Waals surface area contributed by atoms with E-state index >= 15 is 0 Å². The fourth-order valence-corrected chi connectivity index (χ4v) is 3.81. The average molecular weight is 377 g/mol. The molecule has 0 radical (unpaired) electrons. The molecule has 5 nitrogen and oxygen atoms in total. The topological polar surface area (TPSA) is 62.6 Å². The Bertz CT molecular complexity index is 842. The summed E-state index contributed by atoms with van der Waals surface area (Å²) in [5.41, 5.74) is 0.784. The molecular weight excluding hydrogens is 356 g/mol. The largest absolute Gasteiger partial charge is 0.423 e. The number of thioether (sulfide) groups is 1. The van der Waals surface area contributed by atoms with Crippen molar-refractivity contribution < 1.29 is 9.21 Å². The molecule has 1 saturated heterocycles. The van der Waals surface area contributed by atoms with Gasteiger partial charge in [-0.1, -0.05) is 30.9 Å². The first-order chi connectivity index (χ1) is 12.0. The molecule has 2 heterocycles. The van der Waals surface area contributed by atoms with E-state index in [4.69, 9.17) is 16.6 Å². The zero-order valence-corrected chi connectivity index (χ0v) is 15.6. The van der Waals surface area contributed by atoms with E-state index in [9.17, 15) is 9.59 Å². The van der Waals surface area contributed by atoms with Gasteiger partial charge >= 0.3 is 5.63 Å². The molecule has 1 aliphatic heterocycles. The molecule has 1 fully saturated rings. The molecule has 132 valence electrons. The molecule has 3 rings (SSSR count). The first-order valence-corrected chi connectivity index (χ1v) is 9.66. The van der Waals surface area contributed by atoms with Crippen LogP contribution in [0.3, 0.4) is 0 Å². The van der Waals surface area contributed by atoms with E-state index in [1.165, 1.54) is 17.8 Å². The normalized spacial score (nSPS) is 15.3. The summed E-state index contributed by atoms with van der Waals surface area (Å²) in [4.78, 5) is 25.5. The summed E-state index contributed by atoms with van der Waals surface area (Å²) in [6.45, 7) is 4.21. The minimum Gasteiger partial charge on any atom is -0.423 e. The second-order valence-corrected chi connectivity index (χ2v) is 7.89. The number of thiocarbonyl (C=S) groups is 1. The highest BCUT2D eigenvalue weighted by molar-refractivity contribution is 8.23. The van der Waals surface area contributed by atoms with Gasteiger partial charge in [0.25, 0.3) is 0 Å². The molecule has 1 aromatic carbocycles. The number of fused-ring (bicyclic) bond motifs is 1. The standard InChI is InChI=1S/C18H20N2O3S2/c1-12-6-8-20(9-7-12)18(24)25-11-16(21)19-14-3-4-15-13(10-14)2-5-17(22)23-15/h2-5,10,12H,6-9,11H2,1H3,(H,19,21). The van der Waals surface area contributed by atoms with Crippen LogP contribution in [0.1, 0.15) is 19.8 Å². The minimum absolute atomic E-state index is 0.102. The van der Waals surface area contributed by atoms with Crippen LogP contribution in [0, 0.1) is 5.92 Å². The maximum absolute atomic E-state index is 12.2. The van der Waals surface area contributed by atoms with Gasteiger partial charge in [0.15, 0.2) is 0 Å². The third-order valence-electron chi connectivity index (χ3n) is 4.27. The Morgan fingerprint density at radius 3 is 2.84 bits per heavy atom. The summed E-state index contributed by atoms with van der Waals surface area (Å²) >= 11 is 6.84. The summed E-state index contributed by atoms with van der Waals surface area (Å²) in [6, 6.07) is 8.22. The van der Waals surface area contributed by atoms with E-state index in [0.717, 1.165) is 41.6 Å². The molecule has 2 aromatic rings. The first kappa shape index (κ1) is 17.9. The number of likely N-dealkylation sites (tertiary alicyclic amines) is 1. The third kappa shape index (κ3) is 4.83. The Hall–Kier alpha value is -1.86. The van der Waals surface area contributed by atoms with Gasteiger partial charge in [-0.25, -0.2) is 4.79 Å². The number of hydrogen-bond donors (Lipinski definition) is 1. The van der Waals surface area contributed by atoms with Crippen molar-refractivity contribution in [3.8, 4) is 0 Å². The number of carbonyl (C=O) groups is 1. The number of anilines is 1. The molecule has 1 N–H and O–H groups in total. The van der Waals surface area contributed by atoms with Crippen molar-refractivity contribution in [2.75, 3.05) is 24.2 Å². The van der Waals surface area contributed by atoms with Gasteiger partial charge in [-0.3, -0.25) is 4.79 Å². The SMILES string of the molecule is CC1CCN(C(=S)SCC(=O)Nc2ccc3oc(=O)ccc3c2)CC1. The number of carbonyl (C=O) groups excluding carboxylic acids is 1. The Balaban J connectivity index is 1.53. The Labute approximate surface area is 155 Å². The van der Waals surface area contributed by atoms with Gasteiger partial charge in [0.1, 0.15) is 9.90 Å². The lowest BCUT2D eigenvalue weighted by Gasteiger charge is -2.31. The lowest BCUT2D eigenvalue weighted by atomic mass is 10.00. The van der Waals surface area contributed by atoms with Crippen LogP contribution in [0.2, 0.25) is 0 Å². The predicted molar refractivity (Wildman–Crippen MR) is 106 cm³/mol. The van der Waals surface area contributed by atoms with Crippen LogP contribution in [-0.2, 0) is 4.79 Å². The van der Waals surface area contributed by atoms with Crippen molar-refractivity contribution in [2.45, 2.75) is 19.8 Å². The van der Waals surface area contributed by atoms with Gasteiger partial charge in [-0.2, -0.15) is 0 Å². The number of amides is 1. The van der Waals surface area contributed by atoms with Gasteiger partial charge in [0.05, 0.1) is 5.75 Å². The van der Waals surface area contributed by atoms with E-state index in [0.29, 0.717) is 11.3 Å². The van der Waals surface area contributed by atoms with Crippen LogP contribution in [0.4, 0.5) is 5.69 Å². The summed E-state index contributed by atoms with van der Waals surface area (Å²) in [7, 11) is 0. The van der Waals surface area contributed by atoms with E-state index in [1.807, 2.05) is 0 Å². The summed E-state index contributed by atoms with van der Waals surface area (Å²) in [5, 5.41) is 3.62. The maximum Gasteiger partial charge on any atom is 0.336 e. The van der Waals surface area contributed by atoms with E-state index in [-0.39, 0.29) is 17.3 Å². The van der Waals surface area contributed by atoms with Crippen molar-refractivity contribution in [1.29, 1.82) is 0 Å². The Morgan fingerprint density at radius 2 is 2.08 bits per heavy atom. The molecule has 0 aliphatic carbocycles. The highest BCUT2D eigenvalue weighted by Gasteiger charge is 2.18. The first-order valence-electron chi connectivity index (χ1n) is 8.27. The van der Waals surface area contributed by atoms with Crippen LogP contribution in [-0.4, -0.2) is 34.0 Å². The molecule has 0 atom stereocenters. The molecule has 0 bridgehead atoms. The summed E-state index contributed by atoms with van der Waals surface area (Å²) in [5.74, 6) is 0.937. The molecule has 1 aromatic heterocycles. The van der Waals surface area contributed by atoms with E-state index in [2.05, 4.69) is 17.1 Å². The fraction of sp³-hybridized carbons (Fsp3) is 0.389. The minimum atomic E-state index is -0.388. The average Bonchev–Trinajstić information content (AvgIpc) is 2.60. The second-order valence-electron chi connectivity index (χ2n) is 6.28. The van der Waals surface area contributed by atoms with Crippen LogP contribution < -0.4 is 10.9 Å². The van der Waals surface area contributed by atoms with Crippen LogP contribution in [0.15, 0.2) is 39.5 Å². The second kappa shape index (κ2) is 8.01. The zero-order valence-electron chi connectivity index (χ0n) is 14.0. The lowest BCUT2D eigenvalue weighted by Crippen LogP contribution is -2.36. The molecule has 25 heavy (non-hydrogen) atoms. The van der Waals surface area contributed by atoms with Gasteiger partial charge in [0.2, 0.25) is 5.91 Å². The van der Waals surface area contributed by atoms with Gasteiger partial charge < -0.3 is 14.6 Å². The van der Waals surface area contributed by atoms with Crippen LogP contribution in [0.25, 0.3) is 11.0 Å². The van der Waals surface area contributed by atoms with Gasteiger partial charge in [-0.05, 0) is 43.0 Å². The third-order valence-corrected chi connectivity index (χ3v) is 5.80. The van der Waals surface area contributed by atoms with Crippen molar-refractivity contribution in [3.63, 3.8) is 0 Å². The number of rotatable bonds is 3. The predicted octanol–water partition coefficient (Wildman–Crippen LogP) is 3.48. The molecule has 7 heteroatoms. The maximum atomic E-state index is 12.2. The van der Waals surface area contributed by atoms with Crippen molar-refractivity contribution in [2.24, 2.45) is 5.92 Å². The summed E-state index contributed by atoms with van der Waals surface area (Å²) in [6.07, 6.45) is 2.31. The molecule has 1 aliphatic rings. The number of nitrogens with one attached hydrogen (secondary N) is 1. The van der Waals surface area contributed by atoms with Gasteiger partial charge in [-0.15, -0.1) is 0 Å². The molecule has 0 saturated carbocycles. The molecule has 1 amide bonds. The summed E-state index contributed by atoms with van der Waals surface area (Å²) < 4.78 is 5.87. The van der Waals surface area contributed by atoms with Crippen molar-refractivity contribution in [1.82, 2.24) is 4.90 Å². The van der Waals surface area contributed by atoms with E-state index in [1.54, 1.807) is 24.3 Å². The number of nitrogens with zero attached hydrogens (tertiary/aromatic N) is 1. The smallest absolute Gasteiger partial charge is 0.336 e. The fourth-order valence-electron chi connectivity index (χ4n) is 2.76. The zero-order chi connectivity index (χ0) is 17.8. The van der Waals surface area contributed by atoms with Crippen LogP contribution in [0.5, 0.6) is 0 Å². The molecule has 0 unspecified atom stereocenters. The lowest BCUT2D eigenvalue weighted by molar-refractivity contribution is -0.113. The van der Waals surface area contributed by atoms with Crippen molar-refractivity contribution >= 4 is 50.9 Å². The number of piperidine rings is 1. The van der Waals surface area contributed by atoms with E-state index < -0.39 is 0 Å².